The van der Waals surface area contributed by atoms with Crippen molar-refractivity contribution >= 4 is 11.9 Å². The molecule has 1 amide bonds. The van der Waals surface area contributed by atoms with Crippen molar-refractivity contribution in [3.8, 4) is 0 Å². The van der Waals surface area contributed by atoms with Crippen molar-refractivity contribution in [3.05, 3.63) is 0 Å². The number of rotatable bonds is 4. The molecule has 0 saturated heterocycles. The molecule has 0 aromatic carbocycles. The SMILES string of the molecule is O=C(NC12CCC(C(=O)O)(CC1)CC2)C1CC(C2CCCC2)C1. The summed E-state index contributed by atoms with van der Waals surface area (Å²) in [5, 5.41) is 12.8. The van der Waals surface area contributed by atoms with Crippen molar-refractivity contribution in [2.24, 2.45) is 23.2 Å². The highest BCUT2D eigenvalue weighted by atomic mass is 16.4. The monoisotopic (exact) mass is 319 g/mol. The van der Waals surface area contributed by atoms with E-state index in [1.54, 1.807) is 0 Å². The summed E-state index contributed by atoms with van der Waals surface area (Å²) in [7, 11) is 0. The van der Waals surface area contributed by atoms with Crippen LogP contribution in [-0.2, 0) is 9.59 Å². The molecule has 5 aliphatic carbocycles. The molecule has 0 radical (unpaired) electrons. The Kier molecular flexibility index (Phi) is 3.69. The molecule has 4 heteroatoms. The Morgan fingerprint density at radius 1 is 0.870 bits per heavy atom. The fraction of sp³-hybridized carbons (Fsp3) is 0.895. The third-order valence-corrected chi connectivity index (χ3v) is 7.70. The Labute approximate surface area is 138 Å². The Hall–Kier alpha value is -1.06. The summed E-state index contributed by atoms with van der Waals surface area (Å²) in [4.78, 5) is 24.1. The van der Waals surface area contributed by atoms with Crippen LogP contribution in [0.1, 0.15) is 77.0 Å². The van der Waals surface area contributed by atoms with Gasteiger partial charge in [0.25, 0.3) is 0 Å². The van der Waals surface area contributed by atoms with Gasteiger partial charge in [0.2, 0.25) is 5.91 Å². The number of carbonyl (C=O) groups excluding carboxylic acids is 1. The van der Waals surface area contributed by atoms with Crippen LogP contribution in [0.2, 0.25) is 0 Å². The minimum atomic E-state index is -0.629. The van der Waals surface area contributed by atoms with Gasteiger partial charge in [-0.2, -0.15) is 0 Å². The quantitative estimate of drug-likeness (QED) is 0.833. The number of nitrogens with one attached hydrogen (secondary N) is 1. The van der Waals surface area contributed by atoms with Gasteiger partial charge in [0.15, 0.2) is 0 Å². The summed E-state index contributed by atoms with van der Waals surface area (Å²) in [5.41, 5.74) is -0.580. The van der Waals surface area contributed by atoms with E-state index in [1.807, 2.05) is 0 Å². The zero-order chi connectivity index (χ0) is 16.1. The molecule has 5 fully saturated rings. The second-order valence-electron chi connectivity index (χ2n) is 8.83. The smallest absolute Gasteiger partial charge is 0.309 e. The van der Waals surface area contributed by atoms with Crippen LogP contribution in [-0.4, -0.2) is 22.5 Å². The van der Waals surface area contributed by atoms with Gasteiger partial charge < -0.3 is 10.4 Å². The molecular formula is C19H29NO3. The fourth-order valence-electron chi connectivity index (χ4n) is 5.75. The van der Waals surface area contributed by atoms with Crippen molar-refractivity contribution in [3.63, 3.8) is 0 Å². The van der Waals surface area contributed by atoms with Gasteiger partial charge in [-0.25, -0.2) is 0 Å². The first-order valence-electron chi connectivity index (χ1n) is 9.57. The minimum Gasteiger partial charge on any atom is -0.481 e. The first-order valence-corrected chi connectivity index (χ1v) is 9.57. The molecule has 23 heavy (non-hydrogen) atoms. The van der Waals surface area contributed by atoms with Crippen LogP contribution in [0.3, 0.4) is 0 Å². The zero-order valence-electron chi connectivity index (χ0n) is 14.0. The molecule has 5 rings (SSSR count). The zero-order valence-corrected chi connectivity index (χ0v) is 14.0. The van der Waals surface area contributed by atoms with Gasteiger partial charge in [-0.3, -0.25) is 9.59 Å². The highest BCUT2D eigenvalue weighted by Crippen LogP contribution is 2.53. The molecule has 2 N–H and O–H groups in total. The summed E-state index contributed by atoms with van der Waals surface area (Å²) in [6.45, 7) is 0. The number of hydrogen-bond acceptors (Lipinski definition) is 2. The van der Waals surface area contributed by atoms with E-state index in [1.165, 1.54) is 25.7 Å². The van der Waals surface area contributed by atoms with Crippen LogP contribution in [0.15, 0.2) is 0 Å². The van der Waals surface area contributed by atoms with Crippen molar-refractivity contribution in [2.45, 2.75) is 82.6 Å². The Morgan fingerprint density at radius 3 is 1.96 bits per heavy atom. The molecule has 0 atom stereocenters. The van der Waals surface area contributed by atoms with E-state index in [2.05, 4.69) is 5.32 Å². The minimum absolute atomic E-state index is 0.0905. The van der Waals surface area contributed by atoms with Crippen LogP contribution < -0.4 is 5.32 Å². The number of carboxylic acids is 1. The van der Waals surface area contributed by atoms with Gasteiger partial charge in [0.1, 0.15) is 0 Å². The lowest BCUT2D eigenvalue weighted by Gasteiger charge is -2.52. The highest BCUT2D eigenvalue weighted by molar-refractivity contribution is 5.81. The van der Waals surface area contributed by atoms with Crippen LogP contribution in [0, 0.1) is 23.2 Å². The predicted molar refractivity (Wildman–Crippen MR) is 86.8 cm³/mol. The number of carboxylic acid groups (broad SMARTS) is 1. The molecule has 5 aliphatic rings. The van der Waals surface area contributed by atoms with Gasteiger partial charge >= 0.3 is 5.97 Å². The van der Waals surface area contributed by atoms with E-state index >= 15 is 0 Å². The van der Waals surface area contributed by atoms with E-state index in [-0.39, 0.29) is 17.4 Å². The third-order valence-electron chi connectivity index (χ3n) is 7.70. The maximum Gasteiger partial charge on any atom is 0.309 e. The lowest BCUT2D eigenvalue weighted by Crippen LogP contribution is -2.60. The largest absolute Gasteiger partial charge is 0.481 e. The Balaban J connectivity index is 1.30. The van der Waals surface area contributed by atoms with Gasteiger partial charge in [-0.1, -0.05) is 25.7 Å². The van der Waals surface area contributed by atoms with Gasteiger partial charge in [-0.15, -0.1) is 0 Å². The molecule has 0 heterocycles. The highest BCUT2D eigenvalue weighted by Gasteiger charge is 2.53. The fourth-order valence-corrected chi connectivity index (χ4v) is 5.75. The second-order valence-corrected chi connectivity index (χ2v) is 8.83. The van der Waals surface area contributed by atoms with Crippen molar-refractivity contribution in [1.29, 1.82) is 0 Å². The van der Waals surface area contributed by atoms with Crippen LogP contribution >= 0.6 is 0 Å². The van der Waals surface area contributed by atoms with E-state index in [0.717, 1.165) is 63.2 Å². The summed E-state index contributed by atoms with van der Waals surface area (Å²) in [6, 6.07) is 0. The molecular weight excluding hydrogens is 290 g/mol. The third kappa shape index (κ3) is 2.58. The number of aliphatic carboxylic acids is 1. The molecule has 0 spiro atoms. The number of fused-ring (bicyclic) bond motifs is 3. The molecule has 0 aromatic heterocycles. The summed E-state index contributed by atoms with van der Waals surface area (Å²) >= 11 is 0. The Morgan fingerprint density at radius 2 is 1.43 bits per heavy atom. The Bertz CT molecular complexity index is 478. The molecule has 0 aromatic rings. The normalized spacial score (nSPS) is 43.1. The molecule has 0 aliphatic heterocycles. The van der Waals surface area contributed by atoms with Crippen LogP contribution in [0.25, 0.3) is 0 Å². The standard InChI is InChI=1S/C19H29NO3/c21-16(15-11-14(12-15)13-3-1-2-4-13)20-19-8-5-18(6-9-19,7-10-19)17(22)23/h13-15H,1-12H2,(H,20,21)(H,22,23). The predicted octanol–water partition coefficient (Wildman–Crippen LogP) is 3.50. The van der Waals surface area contributed by atoms with Crippen molar-refractivity contribution in [2.75, 3.05) is 0 Å². The number of amides is 1. The molecule has 4 nitrogen and oxygen atoms in total. The summed E-state index contributed by atoms with van der Waals surface area (Å²) in [6.07, 6.45) is 12.4. The molecule has 5 saturated carbocycles. The first-order chi connectivity index (χ1) is 11.0. The van der Waals surface area contributed by atoms with E-state index < -0.39 is 11.4 Å². The van der Waals surface area contributed by atoms with Gasteiger partial charge in [0.05, 0.1) is 5.41 Å². The van der Waals surface area contributed by atoms with E-state index in [9.17, 15) is 14.7 Å². The topological polar surface area (TPSA) is 66.4 Å². The average molecular weight is 319 g/mol. The number of hydrogen-bond donors (Lipinski definition) is 2. The van der Waals surface area contributed by atoms with Crippen molar-refractivity contribution in [1.82, 2.24) is 5.32 Å². The van der Waals surface area contributed by atoms with Gasteiger partial charge in [-0.05, 0) is 63.2 Å². The maximum absolute atomic E-state index is 12.6. The summed E-state index contributed by atoms with van der Waals surface area (Å²) in [5.74, 6) is 1.53. The molecule has 128 valence electrons. The second kappa shape index (κ2) is 5.49. The van der Waals surface area contributed by atoms with Crippen LogP contribution in [0.4, 0.5) is 0 Å². The molecule has 0 unspecified atom stereocenters. The van der Waals surface area contributed by atoms with E-state index in [4.69, 9.17) is 0 Å². The van der Waals surface area contributed by atoms with Crippen molar-refractivity contribution < 1.29 is 14.7 Å². The van der Waals surface area contributed by atoms with E-state index in [0.29, 0.717) is 0 Å². The lowest BCUT2D eigenvalue weighted by atomic mass is 9.57. The summed E-state index contributed by atoms with van der Waals surface area (Å²) < 4.78 is 0. The molecule has 2 bridgehead atoms. The van der Waals surface area contributed by atoms with Crippen LogP contribution in [0.5, 0.6) is 0 Å². The number of carbonyl (C=O) groups is 2. The maximum atomic E-state index is 12.6. The first kappa shape index (κ1) is 15.5. The average Bonchev–Trinajstić information content (AvgIpc) is 3.01. The lowest BCUT2D eigenvalue weighted by molar-refractivity contribution is -0.157. The van der Waals surface area contributed by atoms with Gasteiger partial charge in [0, 0.05) is 11.5 Å².